The molecule has 1 aliphatic rings. The second-order valence-electron chi connectivity index (χ2n) is 6.80. The molecular weight excluding hydrogens is 344 g/mol. The summed E-state index contributed by atoms with van der Waals surface area (Å²) < 4.78 is 5.33. The molecule has 0 saturated carbocycles. The highest BCUT2D eigenvalue weighted by Crippen LogP contribution is 2.29. The van der Waals surface area contributed by atoms with Crippen molar-refractivity contribution in [2.45, 2.75) is 26.4 Å². The number of thiophene rings is 1. The van der Waals surface area contributed by atoms with Gasteiger partial charge in [-0.2, -0.15) is 4.98 Å². The van der Waals surface area contributed by atoms with E-state index in [0.29, 0.717) is 5.82 Å². The van der Waals surface area contributed by atoms with Gasteiger partial charge in [-0.1, -0.05) is 35.5 Å². The molecule has 136 valence electrons. The number of aryl methyl sites for hydroxylation is 1. The molecule has 3 heterocycles. The van der Waals surface area contributed by atoms with E-state index in [1.54, 1.807) is 0 Å². The number of piperazine rings is 1. The molecule has 0 N–H and O–H groups in total. The van der Waals surface area contributed by atoms with Crippen LogP contribution in [0.3, 0.4) is 0 Å². The van der Waals surface area contributed by atoms with Crippen LogP contribution in [-0.4, -0.2) is 46.1 Å². The third-order valence-electron chi connectivity index (χ3n) is 4.95. The van der Waals surface area contributed by atoms with Crippen molar-refractivity contribution in [3.63, 3.8) is 0 Å². The van der Waals surface area contributed by atoms with E-state index in [4.69, 9.17) is 4.52 Å². The lowest BCUT2D eigenvalue weighted by atomic mass is 10.2. The summed E-state index contributed by atoms with van der Waals surface area (Å²) in [6, 6.07) is 15.3. The van der Waals surface area contributed by atoms with E-state index in [9.17, 15) is 0 Å². The Morgan fingerprint density at radius 1 is 1.08 bits per heavy atom. The van der Waals surface area contributed by atoms with Crippen molar-refractivity contribution < 1.29 is 4.52 Å². The third-order valence-corrected chi connectivity index (χ3v) is 6.07. The fourth-order valence-electron chi connectivity index (χ4n) is 3.39. The van der Waals surface area contributed by atoms with Gasteiger partial charge >= 0.3 is 0 Å². The van der Waals surface area contributed by atoms with Crippen LogP contribution in [0.25, 0.3) is 10.4 Å². The van der Waals surface area contributed by atoms with Crippen LogP contribution in [0.4, 0.5) is 0 Å². The summed E-state index contributed by atoms with van der Waals surface area (Å²) in [5.41, 5.74) is 1.30. The molecule has 0 spiro atoms. The van der Waals surface area contributed by atoms with Gasteiger partial charge in [-0.3, -0.25) is 9.80 Å². The van der Waals surface area contributed by atoms with E-state index in [1.807, 2.05) is 18.3 Å². The SMILES string of the molecule is Cc1noc([C@@H](C)N2CCN(Cc3ccc(-c4ccccc4)s3)CC2)n1. The Labute approximate surface area is 158 Å². The first-order chi connectivity index (χ1) is 12.7. The van der Waals surface area contributed by atoms with Gasteiger partial charge in [0.15, 0.2) is 5.82 Å². The maximum atomic E-state index is 5.33. The van der Waals surface area contributed by atoms with Crippen LogP contribution >= 0.6 is 11.3 Å². The van der Waals surface area contributed by atoms with Crippen molar-refractivity contribution in [2.75, 3.05) is 26.2 Å². The molecule has 4 rings (SSSR count). The molecule has 0 aliphatic carbocycles. The van der Waals surface area contributed by atoms with E-state index in [-0.39, 0.29) is 6.04 Å². The lowest BCUT2D eigenvalue weighted by Gasteiger charge is -2.36. The van der Waals surface area contributed by atoms with Crippen molar-refractivity contribution in [1.29, 1.82) is 0 Å². The summed E-state index contributed by atoms with van der Waals surface area (Å²) in [6.07, 6.45) is 0. The van der Waals surface area contributed by atoms with Crippen molar-refractivity contribution >= 4 is 11.3 Å². The first kappa shape index (κ1) is 17.4. The summed E-state index contributed by atoms with van der Waals surface area (Å²) >= 11 is 1.90. The lowest BCUT2D eigenvalue weighted by Crippen LogP contribution is -2.46. The third kappa shape index (κ3) is 3.87. The van der Waals surface area contributed by atoms with Gasteiger partial charge < -0.3 is 4.52 Å². The Morgan fingerprint density at radius 2 is 1.85 bits per heavy atom. The smallest absolute Gasteiger partial charge is 0.243 e. The Bertz CT molecular complexity index is 836. The van der Waals surface area contributed by atoms with E-state index in [1.165, 1.54) is 15.3 Å². The van der Waals surface area contributed by atoms with Gasteiger partial charge in [0.25, 0.3) is 0 Å². The lowest BCUT2D eigenvalue weighted by molar-refractivity contribution is 0.0850. The predicted octanol–water partition coefficient (Wildman–Crippen LogP) is 3.99. The Kier molecular flexibility index (Phi) is 5.15. The van der Waals surface area contributed by atoms with Crippen LogP contribution in [0.2, 0.25) is 0 Å². The van der Waals surface area contributed by atoms with Gasteiger partial charge in [0.2, 0.25) is 5.89 Å². The van der Waals surface area contributed by atoms with Gasteiger partial charge in [0, 0.05) is 42.5 Å². The minimum atomic E-state index is 0.185. The van der Waals surface area contributed by atoms with E-state index < -0.39 is 0 Å². The Hall–Kier alpha value is -2.02. The molecule has 1 atom stereocenters. The van der Waals surface area contributed by atoms with Gasteiger partial charge in [0.05, 0.1) is 6.04 Å². The van der Waals surface area contributed by atoms with Crippen LogP contribution < -0.4 is 0 Å². The first-order valence-corrected chi connectivity index (χ1v) is 9.91. The fraction of sp³-hybridized carbons (Fsp3) is 0.400. The number of hydrogen-bond acceptors (Lipinski definition) is 6. The Morgan fingerprint density at radius 3 is 2.54 bits per heavy atom. The van der Waals surface area contributed by atoms with E-state index in [2.05, 4.69) is 69.3 Å². The normalized spacial score (nSPS) is 17.5. The minimum Gasteiger partial charge on any atom is -0.338 e. The molecule has 1 saturated heterocycles. The molecule has 5 nitrogen and oxygen atoms in total. The largest absolute Gasteiger partial charge is 0.338 e. The highest BCUT2D eigenvalue weighted by Gasteiger charge is 2.25. The fourth-order valence-corrected chi connectivity index (χ4v) is 4.44. The van der Waals surface area contributed by atoms with E-state index >= 15 is 0 Å². The molecule has 2 aromatic heterocycles. The number of nitrogens with zero attached hydrogens (tertiary/aromatic N) is 4. The molecule has 1 aromatic carbocycles. The molecular formula is C20H24N4OS. The van der Waals surface area contributed by atoms with Crippen LogP contribution in [-0.2, 0) is 6.54 Å². The first-order valence-electron chi connectivity index (χ1n) is 9.10. The molecule has 1 fully saturated rings. The van der Waals surface area contributed by atoms with E-state index in [0.717, 1.165) is 38.6 Å². The maximum absolute atomic E-state index is 5.33. The molecule has 0 bridgehead atoms. The minimum absolute atomic E-state index is 0.185. The Balaban J connectivity index is 1.32. The maximum Gasteiger partial charge on any atom is 0.243 e. The van der Waals surface area contributed by atoms with Crippen LogP contribution in [0.1, 0.15) is 29.6 Å². The highest BCUT2D eigenvalue weighted by atomic mass is 32.1. The number of benzene rings is 1. The quantitative estimate of drug-likeness (QED) is 0.681. The second-order valence-corrected chi connectivity index (χ2v) is 7.97. The monoisotopic (exact) mass is 368 g/mol. The summed E-state index contributed by atoms with van der Waals surface area (Å²) in [6.45, 7) is 9.22. The van der Waals surface area contributed by atoms with Gasteiger partial charge in [-0.25, -0.2) is 0 Å². The molecule has 3 aromatic rings. The molecule has 26 heavy (non-hydrogen) atoms. The second kappa shape index (κ2) is 7.70. The van der Waals surface area contributed by atoms with Crippen molar-refractivity contribution in [1.82, 2.24) is 19.9 Å². The van der Waals surface area contributed by atoms with Gasteiger partial charge in [-0.05, 0) is 31.5 Å². The molecule has 6 heteroatoms. The predicted molar refractivity (Wildman–Crippen MR) is 104 cm³/mol. The summed E-state index contributed by atoms with van der Waals surface area (Å²) in [5.74, 6) is 1.43. The molecule has 0 amide bonds. The van der Waals surface area contributed by atoms with Gasteiger partial charge in [0.1, 0.15) is 0 Å². The summed E-state index contributed by atoms with van der Waals surface area (Å²) in [4.78, 5) is 12.1. The molecule has 0 unspecified atom stereocenters. The summed E-state index contributed by atoms with van der Waals surface area (Å²) in [7, 11) is 0. The van der Waals surface area contributed by atoms with Crippen LogP contribution in [0.15, 0.2) is 47.0 Å². The zero-order chi connectivity index (χ0) is 17.9. The number of hydrogen-bond donors (Lipinski definition) is 0. The number of aromatic nitrogens is 2. The number of rotatable bonds is 5. The average molecular weight is 369 g/mol. The zero-order valence-electron chi connectivity index (χ0n) is 15.3. The zero-order valence-corrected chi connectivity index (χ0v) is 16.1. The van der Waals surface area contributed by atoms with Crippen molar-refractivity contribution in [3.8, 4) is 10.4 Å². The molecule has 0 radical (unpaired) electrons. The topological polar surface area (TPSA) is 45.4 Å². The van der Waals surface area contributed by atoms with Gasteiger partial charge in [-0.15, -0.1) is 11.3 Å². The van der Waals surface area contributed by atoms with Crippen LogP contribution in [0, 0.1) is 6.92 Å². The van der Waals surface area contributed by atoms with Crippen molar-refractivity contribution in [3.05, 3.63) is 59.1 Å². The summed E-state index contributed by atoms with van der Waals surface area (Å²) in [5, 5.41) is 3.91. The average Bonchev–Trinajstić information content (AvgIpc) is 3.32. The van der Waals surface area contributed by atoms with Crippen LogP contribution in [0.5, 0.6) is 0 Å². The van der Waals surface area contributed by atoms with Crippen molar-refractivity contribution in [2.24, 2.45) is 0 Å². The molecule has 1 aliphatic heterocycles. The standard InChI is InChI=1S/C20H24N4OS/c1-15(20-21-16(2)22-25-20)24-12-10-23(11-13-24)14-18-8-9-19(26-18)17-6-4-3-5-7-17/h3-9,15H,10-14H2,1-2H3/t15-/m1/s1. The highest BCUT2D eigenvalue weighted by molar-refractivity contribution is 7.15.